The highest BCUT2D eigenvalue weighted by Crippen LogP contribution is 2.23. The number of rotatable bonds is 3. The van der Waals surface area contributed by atoms with Gasteiger partial charge in [-0.3, -0.25) is 0 Å². The Hall–Kier alpha value is -0.390. The molecule has 0 saturated carbocycles. The van der Waals surface area contributed by atoms with Gasteiger partial charge >= 0.3 is 0 Å². The minimum atomic E-state index is 0.850. The van der Waals surface area contributed by atoms with Gasteiger partial charge in [-0.15, -0.1) is 22.7 Å². The Morgan fingerprint density at radius 1 is 1.50 bits per heavy atom. The highest BCUT2D eigenvalue weighted by atomic mass is 79.9. The van der Waals surface area contributed by atoms with E-state index in [0.717, 1.165) is 17.4 Å². The van der Waals surface area contributed by atoms with E-state index in [1.165, 1.54) is 8.66 Å². The van der Waals surface area contributed by atoms with Gasteiger partial charge in [0.2, 0.25) is 0 Å². The van der Waals surface area contributed by atoms with E-state index in [0.29, 0.717) is 0 Å². The van der Waals surface area contributed by atoms with Crippen LogP contribution in [-0.4, -0.2) is 4.98 Å². The average molecular weight is 289 g/mol. The van der Waals surface area contributed by atoms with Crippen LogP contribution in [0.3, 0.4) is 0 Å². The summed E-state index contributed by atoms with van der Waals surface area (Å²) in [5.74, 6) is 0. The molecule has 1 N–H and O–H groups in total. The van der Waals surface area contributed by atoms with Crippen molar-refractivity contribution in [2.24, 2.45) is 0 Å². The minimum Gasteiger partial charge on any atom is -0.357 e. The van der Waals surface area contributed by atoms with Crippen LogP contribution in [0.25, 0.3) is 0 Å². The largest absolute Gasteiger partial charge is 0.357 e. The Morgan fingerprint density at radius 3 is 2.93 bits per heavy atom. The molecule has 0 unspecified atom stereocenters. The fourth-order valence-electron chi connectivity index (χ4n) is 1.04. The number of nitrogens with one attached hydrogen (secondary N) is 1. The molecule has 0 aliphatic heterocycles. The topological polar surface area (TPSA) is 24.9 Å². The summed E-state index contributed by atoms with van der Waals surface area (Å²) in [6, 6.07) is 4.18. The first-order valence-corrected chi connectivity index (χ1v) is 6.63. The third-order valence-corrected chi connectivity index (χ3v) is 4.20. The maximum absolute atomic E-state index is 4.33. The number of thiophene rings is 1. The summed E-state index contributed by atoms with van der Waals surface area (Å²) in [5, 5.41) is 6.33. The highest BCUT2D eigenvalue weighted by Gasteiger charge is 2.00. The SMILES string of the molecule is Cc1csc(NCc2ccc(Br)s2)n1. The lowest BCUT2D eigenvalue weighted by atomic mass is 10.5. The Labute approximate surface area is 99.1 Å². The van der Waals surface area contributed by atoms with E-state index in [4.69, 9.17) is 0 Å². The van der Waals surface area contributed by atoms with E-state index in [2.05, 4.69) is 38.4 Å². The molecule has 0 radical (unpaired) electrons. The number of aryl methyl sites for hydroxylation is 1. The molecule has 0 spiro atoms. The predicted molar refractivity (Wildman–Crippen MR) is 66.2 cm³/mol. The number of thiazole rings is 1. The standard InChI is InChI=1S/C9H9BrN2S2/c1-6-5-13-9(12-6)11-4-7-2-3-8(10)14-7/h2-3,5H,4H2,1H3,(H,11,12). The number of halogens is 1. The van der Waals surface area contributed by atoms with Crippen LogP contribution in [0.15, 0.2) is 21.3 Å². The van der Waals surface area contributed by atoms with Crippen molar-refractivity contribution in [3.05, 3.63) is 31.9 Å². The fraction of sp³-hybridized carbons (Fsp3) is 0.222. The Morgan fingerprint density at radius 2 is 2.36 bits per heavy atom. The van der Waals surface area contributed by atoms with E-state index in [1.807, 2.05) is 12.3 Å². The molecule has 2 aromatic heterocycles. The van der Waals surface area contributed by atoms with Gasteiger partial charge in [-0.1, -0.05) is 0 Å². The average Bonchev–Trinajstić information content (AvgIpc) is 2.72. The van der Waals surface area contributed by atoms with Gasteiger partial charge in [-0.2, -0.15) is 0 Å². The Balaban J connectivity index is 1.94. The third kappa shape index (κ3) is 2.56. The first kappa shape index (κ1) is 10.1. The molecule has 0 amide bonds. The number of anilines is 1. The summed E-state index contributed by atoms with van der Waals surface area (Å²) in [6.45, 7) is 2.85. The smallest absolute Gasteiger partial charge is 0.183 e. The van der Waals surface area contributed by atoms with Crippen molar-refractivity contribution in [3.8, 4) is 0 Å². The highest BCUT2D eigenvalue weighted by molar-refractivity contribution is 9.11. The maximum Gasteiger partial charge on any atom is 0.183 e. The lowest BCUT2D eigenvalue weighted by molar-refractivity contribution is 1.15. The maximum atomic E-state index is 4.33. The second-order valence-electron chi connectivity index (χ2n) is 2.85. The van der Waals surface area contributed by atoms with Crippen LogP contribution in [-0.2, 0) is 6.54 Å². The zero-order valence-corrected chi connectivity index (χ0v) is 10.8. The first-order chi connectivity index (χ1) is 6.74. The van der Waals surface area contributed by atoms with Crippen LogP contribution in [0.5, 0.6) is 0 Å². The fourth-order valence-corrected chi connectivity index (χ4v) is 3.15. The monoisotopic (exact) mass is 288 g/mol. The summed E-state index contributed by atoms with van der Waals surface area (Å²) in [4.78, 5) is 5.64. The minimum absolute atomic E-state index is 0.850. The lowest BCUT2D eigenvalue weighted by Gasteiger charge is -1.98. The molecule has 0 bridgehead atoms. The van der Waals surface area contributed by atoms with Gasteiger partial charge in [-0.25, -0.2) is 4.98 Å². The molecule has 0 atom stereocenters. The Bertz CT molecular complexity index is 382. The van der Waals surface area contributed by atoms with Crippen molar-refractivity contribution in [1.29, 1.82) is 0 Å². The molecule has 0 aliphatic rings. The first-order valence-electron chi connectivity index (χ1n) is 4.14. The summed E-state index contributed by atoms with van der Waals surface area (Å²) >= 11 is 6.83. The molecule has 14 heavy (non-hydrogen) atoms. The normalized spacial score (nSPS) is 10.4. The van der Waals surface area contributed by atoms with Crippen molar-refractivity contribution < 1.29 is 0 Å². The Kier molecular flexibility index (Phi) is 3.20. The van der Waals surface area contributed by atoms with E-state index < -0.39 is 0 Å². The molecule has 74 valence electrons. The molecule has 2 rings (SSSR count). The van der Waals surface area contributed by atoms with Gasteiger partial charge in [0.1, 0.15) is 0 Å². The second kappa shape index (κ2) is 4.42. The number of hydrogen-bond acceptors (Lipinski definition) is 4. The van der Waals surface area contributed by atoms with Crippen LogP contribution in [0, 0.1) is 6.92 Å². The predicted octanol–water partition coefficient (Wildman–Crippen LogP) is 3.89. The van der Waals surface area contributed by atoms with Gasteiger partial charge in [0.25, 0.3) is 0 Å². The van der Waals surface area contributed by atoms with E-state index in [9.17, 15) is 0 Å². The third-order valence-electron chi connectivity index (χ3n) is 1.66. The molecular formula is C9H9BrN2S2. The van der Waals surface area contributed by atoms with Crippen LogP contribution in [0.1, 0.15) is 10.6 Å². The molecule has 2 aromatic rings. The van der Waals surface area contributed by atoms with Crippen LogP contribution >= 0.6 is 38.6 Å². The number of hydrogen-bond donors (Lipinski definition) is 1. The van der Waals surface area contributed by atoms with Crippen molar-refractivity contribution in [1.82, 2.24) is 4.98 Å². The van der Waals surface area contributed by atoms with Crippen LogP contribution in [0.2, 0.25) is 0 Å². The zero-order valence-electron chi connectivity index (χ0n) is 7.58. The zero-order chi connectivity index (χ0) is 9.97. The van der Waals surface area contributed by atoms with Gasteiger partial charge in [0, 0.05) is 10.3 Å². The van der Waals surface area contributed by atoms with Gasteiger partial charge in [0.15, 0.2) is 5.13 Å². The molecule has 2 nitrogen and oxygen atoms in total. The molecule has 5 heteroatoms. The molecular weight excluding hydrogens is 280 g/mol. The van der Waals surface area contributed by atoms with Crippen molar-refractivity contribution in [2.45, 2.75) is 13.5 Å². The quantitative estimate of drug-likeness (QED) is 0.927. The van der Waals surface area contributed by atoms with Crippen molar-refractivity contribution in [2.75, 3.05) is 5.32 Å². The van der Waals surface area contributed by atoms with E-state index in [1.54, 1.807) is 22.7 Å². The summed E-state index contributed by atoms with van der Waals surface area (Å²) in [7, 11) is 0. The van der Waals surface area contributed by atoms with Crippen molar-refractivity contribution >= 4 is 43.7 Å². The summed E-state index contributed by atoms with van der Waals surface area (Å²) in [6.07, 6.45) is 0. The van der Waals surface area contributed by atoms with Crippen LogP contribution in [0.4, 0.5) is 5.13 Å². The molecule has 0 aliphatic carbocycles. The van der Waals surface area contributed by atoms with Crippen LogP contribution < -0.4 is 5.32 Å². The molecule has 0 fully saturated rings. The molecule has 0 saturated heterocycles. The summed E-state index contributed by atoms with van der Waals surface area (Å²) < 4.78 is 1.17. The number of nitrogens with zero attached hydrogens (tertiary/aromatic N) is 1. The van der Waals surface area contributed by atoms with Gasteiger partial charge in [0.05, 0.1) is 16.0 Å². The molecule has 0 aromatic carbocycles. The van der Waals surface area contributed by atoms with E-state index in [-0.39, 0.29) is 0 Å². The van der Waals surface area contributed by atoms with Crippen molar-refractivity contribution in [3.63, 3.8) is 0 Å². The second-order valence-corrected chi connectivity index (χ2v) is 6.26. The number of aromatic nitrogens is 1. The van der Waals surface area contributed by atoms with E-state index >= 15 is 0 Å². The van der Waals surface area contributed by atoms with Gasteiger partial charge in [-0.05, 0) is 35.0 Å². The molecule has 2 heterocycles. The lowest BCUT2D eigenvalue weighted by Crippen LogP contribution is -1.96. The van der Waals surface area contributed by atoms with Gasteiger partial charge < -0.3 is 5.32 Å². The summed E-state index contributed by atoms with van der Waals surface area (Å²) in [5.41, 5.74) is 1.07.